The second-order valence-corrected chi connectivity index (χ2v) is 1.83. The predicted molar refractivity (Wildman–Crippen MR) is 41.7 cm³/mol. The van der Waals surface area contributed by atoms with Gasteiger partial charge in [-0.25, -0.2) is 0 Å². The summed E-state index contributed by atoms with van der Waals surface area (Å²) in [5, 5.41) is 7.42. The highest BCUT2D eigenvalue weighted by atomic mass is 16.4. The minimum Gasteiger partial charge on any atom is -0.481 e. The molecule has 0 aliphatic rings. The largest absolute Gasteiger partial charge is 0.481 e. The Morgan fingerprint density at radius 3 is 2.20 bits per heavy atom. The van der Waals surface area contributed by atoms with Gasteiger partial charge in [0.05, 0.1) is 0 Å². The second-order valence-electron chi connectivity index (χ2n) is 1.83. The zero-order chi connectivity index (χ0) is 8.41. The summed E-state index contributed by atoms with van der Waals surface area (Å²) in [5.74, 6) is 1.74. The van der Waals surface area contributed by atoms with Gasteiger partial charge in [-0.2, -0.15) is 0 Å². The average Bonchev–Trinajstić information content (AvgIpc) is 1.82. The molecule has 2 heteroatoms. The van der Waals surface area contributed by atoms with Crippen molar-refractivity contribution in [1.82, 2.24) is 0 Å². The lowest BCUT2D eigenvalue weighted by Crippen LogP contribution is -1.78. The molecule has 0 atom stereocenters. The summed E-state index contributed by atoms with van der Waals surface area (Å²) in [6, 6.07) is 0. The van der Waals surface area contributed by atoms with Crippen molar-refractivity contribution in [3.05, 3.63) is 0 Å². The van der Waals surface area contributed by atoms with Gasteiger partial charge in [0.15, 0.2) is 0 Å². The minimum absolute atomic E-state index is 0.833. The van der Waals surface area contributed by atoms with Crippen LogP contribution in [0.15, 0.2) is 0 Å². The summed E-state index contributed by atoms with van der Waals surface area (Å²) in [6.45, 7) is 3.22. The van der Waals surface area contributed by atoms with Crippen molar-refractivity contribution in [3.8, 4) is 12.3 Å². The zero-order valence-electron chi connectivity index (χ0n) is 6.55. The molecular formula is C8H14O2. The molecule has 0 aliphatic heterocycles. The number of rotatable bonds is 2. The highest BCUT2D eigenvalue weighted by Gasteiger charge is 1.71. The molecule has 0 aromatic carbocycles. The lowest BCUT2D eigenvalue weighted by molar-refractivity contribution is -0.134. The maximum absolute atomic E-state index is 9.00. The van der Waals surface area contributed by atoms with Gasteiger partial charge >= 0.3 is 0 Å². The Labute approximate surface area is 62.3 Å². The maximum atomic E-state index is 9.00. The maximum Gasteiger partial charge on any atom is 0.300 e. The van der Waals surface area contributed by atoms with Crippen LogP contribution in [0.5, 0.6) is 0 Å². The van der Waals surface area contributed by atoms with Gasteiger partial charge < -0.3 is 5.11 Å². The lowest BCUT2D eigenvalue weighted by Gasteiger charge is -1.79. The number of hydrogen-bond donors (Lipinski definition) is 1. The summed E-state index contributed by atoms with van der Waals surface area (Å²) in [6.07, 6.45) is 8.30. The first-order valence-corrected chi connectivity index (χ1v) is 3.28. The molecular weight excluding hydrogens is 128 g/mol. The first-order valence-electron chi connectivity index (χ1n) is 3.28. The number of carboxylic acid groups (broad SMARTS) is 1. The first kappa shape index (κ1) is 11.8. The Morgan fingerprint density at radius 2 is 2.10 bits per heavy atom. The monoisotopic (exact) mass is 142 g/mol. The molecule has 0 aromatic rings. The standard InChI is InChI=1S/C6H10.C2H4O2/c1-3-5-6-4-2;1-2(3)4/h1H,4-6H2,2H3;1H3,(H,3,4). The van der Waals surface area contributed by atoms with Crippen LogP contribution in [0.2, 0.25) is 0 Å². The van der Waals surface area contributed by atoms with Gasteiger partial charge in [0, 0.05) is 13.3 Å². The fourth-order valence-corrected chi connectivity index (χ4v) is 0.279. The van der Waals surface area contributed by atoms with E-state index < -0.39 is 5.97 Å². The molecule has 2 nitrogen and oxygen atoms in total. The Hall–Kier alpha value is -0.970. The van der Waals surface area contributed by atoms with Crippen molar-refractivity contribution >= 4 is 5.97 Å². The number of carbonyl (C=O) groups is 1. The molecule has 0 saturated heterocycles. The third kappa shape index (κ3) is 62.0. The lowest BCUT2D eigenvalue weighted by atomic mass is 10.3. The van der Waals surface area contributed by atoms with Gasteiger partial charge in [0.25, 0.3) is 5.97 Å². The van der Waals surface area contributed by atoms with Crippen molar-refractivity contribution < 1.29 is 9.90 Å². The smallest absolute Gasteiger partial charge is 0.300 e. The molecule has 0 radical (unpaired) electrons. The van der Waals surface area contributed by atoms with Crippen LogP contribution in [0.1, 0.15) is 33.1 Å². The summed E-state index contributed by atoms with van der Waals surface area (Å²) >= 11 is 0. The van der Waals surface area contributed by atoms with Gasteiger partial charge in [-0.1, -0.05) is 13.3 Å². The third-order valence-corrected chi connectivity index (χ3v) is 0.675. The quantitative estimate of drug-likeness (QED) is 0.472. The van der Waals surface area contributed by atoms with E-state index >= 15 is 0 Å². The van der Waals surface area contributed by atoms with Gasteiger partial charge in [-0.3, -0.25) is 4.79 Å². The predicted octanol–water partition coefficient (Wildman–Crippen LogP) is 1.90. The molecule has 1 N–H and O–H groups in total. The zero-order valence-corrected chi connectivity index (χ0v) is 6.55. The van der Waals surface area contributed by atoms with Crippen molar-refractivity contribution in [2.75, 3.05) is 0 Å². The van der Waals surface area contributed by atoms with E-state index in [9.17, 15) is 0 Å². The second kappa shape index (κ2) is 10.9. The Morgan fingerprint density at radius 1 is 1.70 bits per heavy atom. The van der Waals surface area contributed by atoms with Crippen molar-refractivity contribution in [2.24, 2.45) is 0 Å². The Bertz CT molecular complexity index is 107. The molecule has 0 fully saturated rings. The van der Waals surface area contributed by atoms with Crippen LogP contribution in [-0.2, 0) is 4.79 Å². The van der Waals surface area contributed by atoms with Crippen LogP contribution in [0.3, 0.4) is 0 Å². The molecule has 10 heavy (non-hydrogen) atoms. The number of unbranched alkanes of at least 4 members (excludes halogenated alkanes) is 2. The molecule has 0 saturated carbocycles. The third-order valence-electron chi connectivity index (χ3n) is 0.675. The number of aliphatic carboxylic acids is 1. The first-order chi connectivity index (χ1) is 4.65. The average molecular weight is 142 g/mol. The normalized spacial score (nSPS) is 6.90. The van der Waals surface area contributed by atoms with E-state index in [-0.39, 0.29) is 0 Å². The number of carboxylic acids is 1. The van der Waals surface area contributed by atoms with Crippen molar-refractivity contribution in [2.45, 2.75) is 33.1 Å². The Balaban J connectivity index is 0. The van der Waals surface area contributed by atoms with E-state index in [1.54, 1.807) is 0 Å². The molecule has 0 aliphatic carbocycles. The molecule has 0 spiro atoms. The summed E-state index contributed by atoms with van der Waals surface area (Å²) < 4.78 is 0. The van der Waals surface area contributed by atoms with Gasteiger partial charge in [0.1, 0.15) is 0 Å². The van der Waals surface area contributed by atoms with Crippen LogP contribution in [0, 0.1) is 12.3 Å². The van der Waals surface area contributed by atoms with E-state index in [2.05, 4.69) is 12.8 Å². The SMILES string of the molecule is C#CCCCC.CC(=O)O. The molecule has 0 aromatic heterocycles. The van der Waals surface area contributed by atoms with Gasteiger partial charge in [-0.05, 0) is 6.42 Å². The van der Waals surface area contributed by atoms with E-state index in [1.807, 2.05) is 0 Å². The van der Waals surface area contributed by atoms with E-state index in [0.29, 0.717) is 0 Å². The molecule has 0 heterocycles. The highest BCUT2D eigenvalue weighted by molar-refractivity contribution is 5.62. The number of hydrogen-bond acceptors (Lipinski definition) is 1. The fourth-order valence-electron chi connectivity index (χ4n) is 0.279. The number of terminal acetylenes is 1. The summed E-state index contributed by atoms with van der Waals surface area (Å²) in [5.41, 5.74) is 0. The van der Waals surface area contributed by atoms with Gasteiger partial charge in [0.2, 0.25) is 0 Å². The molecule has 0 unspecified atom stereocenters. The molecule has 0 amide bonds. The highest BCUT2D eigenvalue weighted by Crippen LogP contribution is 1.88. The fraction of sp³-hybridized carbons (Fsp3) is 0.625. The molecule has 58 valence electrons. The van der Waals surface area contributed by atoms with E-state index in [4.69, 9.17) is 16.3 Å². The van der Waals surface area contributed by atoms with Crippen LogP contribution in [-0.4, -0.2) is 11.1 Å². The molecule has 0 rings (SSSR count). The van der Waals surface area contributed by atoms with Gasteiger partial charge in [-0.15, -0.1) is 12.3 Å². The van der Waals surface area contributed by atoms with Crippen LogP contribution >= 0.6 is 0 Å². The Kier molecular flexibility index (Phi) is 12.9. The van der Waals surface area contributed by atoms with Crippen LogP contribution in [0.25, 0.3) is 0 Å². The summed E-state index contributed by atoms with van der Waals surface area (Å²) in [4.78, 5) is 9.00. The topological polar surface area (TPSA) is 37.3 Å². The summed E-state index contributed by atoms with van der Waals surface area (Å²) in [7, 11) is 0. The van der Waals surface area contributed by atoms with Crippen LogP contribution in [0.4, 0.5) is 0 Å². The van der Waals surface area contributed by atoms with E-state index in [0.717, 1.165) is 13.3 Å². The molecule has 0 bridgehead atoms. The van der Waals surface area contributed by atoms with Crippen molar-refractivity contribution in [3.63, 3.8) is 0 Å². The van der Waals surface area contributed by atoms with Crippen LogP contribution < -0.4 is 0 Å². The van der Waals surface area contributed by atoms with E-state index in [1.165, 1.54) is 12.8 Å². The minimum atomic E-state index is -0.833. The van der Waals surface area contributed by atoms with Crippen molar-refractivity contribution in [1.29, 1.82) is 0 Å².